The highest BCUT2D eigenvalue weighted by Crippen LogP contribution is 1.71. The highest BCUT2D eigenvalue weighted by molar-refractivity contribution is 4.85. The van der Waals surface area contributed by atoms with E-state index in [1.165, 1.54) is 0 Å². The second-order valence-electron chi connectivity index (χ2n) is 1.56. The predicted octanol–water partition coefficient (Wildman–Crippen LogP) is 0.854. The third-order valence-electron chi connectivity index (χ3n) is 0.777. The summed E-state index contributed by atoms with van der Waals surface area (Å²) in [4.78, 5) is 0. The zero-order valence-electron chi connectivity index (χ0n) is 6.33. The van der Waals surface area contributed by atoms with Gasteiger partial charge in [-0.05, 0) is 12.3 Å². The van der Waals surface area contributed by atoms with E-state index >= 15 is 0 Å². The summed E-state index contributed by atoms with van der Waals surface area (Å²) < 4.78 is 9.41. The molecule has 0 radical (unpaired) electrons. The molecule has 0 bridgehead atoms. The largest absolute Gasteiger partial charge is 0.503 e. The fraction of sp³-hybridized carbons (Fsp3) is 0.429. The fourth-order valence-electron chi connectivity index (χ4n) is 0.375. The van der Waals surface area contributed by atoms with Gasteiger partial charge in [0.1, 0.15) is 0 Å². The van der Waals surface area contributed by atoms with Crippen LogP contribution in [-0.2, 0) is 9.47 Å². The molecule has 58 valence electrons. The van der Waals surface area contributed by atoms with Crippen LogP contribution < -0.4 is 5.32 Å². The molecule has 0 heterocycles. The van der Waals surface area contributed by atoms with Crippen molar-refractivity contribution < 1.29 is 9.47 Å². The molecular weight excluding hydrogens is 130 g/mol. The molecule has 1 N–H and O–H groups in total. The molecule has 0 atom stereocenters. The van der Waals surface area contributed by atoms with E-state index in [0.29, 0.717) is 6.61 Å². The van der Waals surface area contributed by atoms with Crippen LogP contribution in [0.5, 0.6) is 0 Å². The topological polar surface area (TPSA) is 30.5 Å². The van der Waals surface area contributed by atoms with Crippen molar-refractivity contribution in [3.8, 4) is 0 Å². The maximum absolute atomic E-state index is 4.77. The Balaban J connectivity index is 3.09. The van der Waals surface area contributed by atoms with E-state index in [2.05, 4.69) is 10.1 Å². The molecule has 0 aromatic rings. The first kappa shape index (κ1) is 9.04. The third kappa shape index (κ3) is 7.04. The van der Waals surface area contributed by atoms with Crippen LogP contribution in [0.4, 0.5) is 0 Å². The summed E-state index contributed by atoms with van der Waals surface area (Å²) in [6.07, 6.45) is 6.88. The van der Waals surface area contributed by atoms with Gasteiger partial charge in [-0.3, -0.25) is 0 Å². The summed E-state index contributed by atoms with van der Waals surface area (Å²) in [5.41, 5.74) is 0. The Labute approximate surface area is 61.3 Å². The SMILES string of the molecule is CO/C=C/N/C=C/COC. The summed E-state index contributed by atoms with van der Waals surface area (Å²) in [6, 6.07) is 0. The maximum atomic E-state index is 4.77. The van der Waals surface area contributed by atoms with Crippen LogP contribution in [0.2, 0.25) is 0 Å². The van der Waals surface area contributed by atoms with Gasteiger partial charge in [-0.1, -0.05) is 0 Å². The number of hydrogen-bond acceptors (Lipinski definition) is 3. The smallest absolute Gasteiger partial charge is 0.0984 e. The van der Waals surface area contributed by atoms with Crippen molar-refractivity contribution in [2.45, 2.75) is 0 Å². The zero-order chi connectivity index (χ0) is 7.66. The molecule has 0 fully saturated rings. The highest BCUT2D eigenvalue weighted by atomic mass is 16.5. The van der Waals surface area contributed by atoms with Crippen LogP contribution in [0.25, 0.3) is 0 Å². The molecule has 3 heteroatoms. The third-order valence-corrected chi connectivity index (χ3v) is 0.777. The number of hydrogen-bond donors (Lipinski definition) is 1. The van der Waals surface area contributed by atoms with E-state index in [1.807, 2.05) is 6.08 Å². The van der Waals surface area contributed by atoms with Crippen molar-refractivity contribution in [1.82, 2.24) is 5.32 Å². The Morgan fingerprint density at radius 2 is 2.10 bits per heavy atom. The molecule has 0 saturated heterocycles. The minimum absolute atomic E-state index is 0.619. The molecule has 0 rings (SSSR count). The normalized spacial score (nSPS) is 11.0. The molecule has 0 aliphatic carbocycles. The lowest BCUT2D eigenvalue weighted by Gasteiger charge is -1.89. The Morgan fingerprint density at radius 3 is 2.70 bits per heavy atom. The van der Waals surface area contributed by atoms with Gasteiger partial charge in [0.15, 0.2) is 0 Å². The minimum Gasteiger partial charge on any atom is -0.503 e. The number of ether oxygens (including phenoxy) is 2. The van der Waals surface area contributed by atoms with Gasteiger partial charge in [0.25, 0.3) is 0 Å². The minimum atomic E-state index is 0.619. The van der Waals surface area contributed by atoms with Crippen LogP contribution in [0.1, 0.15) is 0 Å². The van der Waals surface area contributed by atoms with E-state index in [-0.39, 0.29) is 0 Å². The standard InChI is InChI=1S/C7H13NO2/c1-9-6-3-4-8-5-7-10-2/h3-5,7-8H,6H2,1-2H3/b4-3+,7-5+. The second-order valence-corrected chi connectivity index (χ2v) is 1.56. The lowest BCUT2D eigenvalue weighted by molar-refractivity contribution is 0.233. The van der Waals surface area contributed by atoms with Crippen molar-refractivity contribution >= 4 is 0 Å². The molecule has 0 saturated carbocycles. The van der Waals surface area contributed by atoms with Gasteiger partial charge in [0, 0.05) is 13.3 Å². The van der Waals surface area contributed by atoms with Crippen LogP contribution in [-0.4, -0.2) is 20.8 Å². The van der Waals surface area contributed by atoms with Gasteiger partial charge in [0.2, 0.25) is 0 Å². The molecule has 0 aliphatic rings. The van der Waals surface area contributed by atoms with Crippen LogP contribution >= 0.6 is 0 Å². The van der Waals surface area contributed by atoms with Crippen LogP contribution in [0, 0.1) is 0 Å². The molecule has 0 aliphatic heterocycles. The predicted molar refractivity (Wildman–Crippen MR) is 40.3 cm³/mol. The van der Waals surface area contributed by atoms with Gasteiger partial charge in [-0.2, -0.15) is 0 Å². The van der Waals surface area contributed by atoms with Crippen molar-refractivity contribution in [2.75, 3.05) is 20.8 Å². The summed E-state index contributed by atoms with van der Waals surface area (Å²) in [6.45, 7) is 0.619. The van der Waals surface area contributed by atoms with Crippen molar-refractivity contribution in [2.24, 2.45) is 0 Å². The van der Waals surface area contributed by atoms with E-state index in [0.717, 1.165) is 0 Å². The van der Waals surface area contributed by atoms with E-state index in [9.17, 15) is 0 Å². The second kappa shape index (κ2) is 8.04. The number of nitrogens with one attached hydrogen (secondary N) is 1. The molecule has 0 aromatic carbocycles. The number of methoxy groups -OCH3 is 2. The van der Waals surface area contributed by atoms with Gasteiger partial charge in [-0.25, -0.2) is 0 Å². The van der Waals surface area contributed by atoms with Crippen LogP contribution in [0.15, 0.2) is 24.7 Å². The molecule has 10 heavy (non-hydrogen) atoms. The van der Waals surface area contributed by atoms with Gasteiger partial charge < -0.3 is 14.8 Å². The molecule has 0 aromatic heterocycles. The van der Waals surface area contributed by atoms with Crippen molar-refractivity contribution in [3.05, 3.63) is 24.7 Å². The summed E-state index contributed by atoms with van der Waals surface area (Å²) in [5.74, 6) is 0. The Bertz CT molecular complexity index is 110. The average molecular weight is 143 g/mol. The zero-order valence-corrected chi connectivity index (χ0v) is 6.33. The Morgan fingerprint density at radius 1 is 1.30 bits per heavy atom. The van der Waals surface area contributed by atoms with Gasteiger partial charge >= 0.3 is 0 Å². The summed E-state index contributed by atoms with van der Waals surface area (Å²) in [7, 11) is 3.24. The molecule has 0 spiro atoms. The molecule has 3 nitrogen and oxygen atoms in total. The first-order valence-corrected chi connectivity index (χ1v) is 2.99. The maximum Gasteiger partial charge on any atom is 0.0984 e. The lowest BCUT2D eigenvalue weighted by atomic mass is 10.6. The Hall–Kier alpha value is -0.960. The highest BCUT2D eigenvalue weighted by Gasteiger charge is 1.68. The van der Waals surface area contributed by atoms with Crippen molar-refractivity contribution in [3.63, 3.8) is 0 Å². The fourth-order valence-corrected chi connectivity index (χ4v) is 0.375. The van der Waals surface area contributed by atoms with Crippen molar-refractivity contribution in [1.29, 1.82) is 0 Å². The summed E-state index contributed by atoms with van der Waals surface area (Å²) >= 11 is 0. The Kier molecular flexibility index (Phi) is 7.27. The first-order valence-electron chi connectivity index (χ1n) is 2.99. The van der Waals surface area contributed by atoms with E-state index < -0.39 is 0 Å². The lowest BCUT2D eigenvalue weighted by Crippen LogP contribution is -1.93. The first-order chi connectivity index (χ1) is 4.91. The van der Waals surface area contributed by atoms with E-state index in [4.69, 9.17) is 4.74 Å². The van der Waals surface area contributed by atoms with Crippen LogP contribution in [0.3, 0.4) is 0 Å². The monoisotopic (exact) mass is 143 g/mol. The van der Waals surface area contributed by atoms with Gasteiger partial charge in [-0.15, -0.1) is 0 Å². The molecule has 0 unspecified atom stereocenters. The quantitative estimate of drug-likeness (QED) is 0.579. The van der Waals surface area contributed by atoms with E-state index in [1.54, 1.807) is 32.9 Å². The number of rotatable bonds is 5. The molecular formula is C7H13NO2. The summed E-state index contributed by atoms with van der Waals surface area (Å²) in [5, 5.41) is 2.86. The molecule has 0 amide bonds. The van der Waals surface area contributed by atoms with Gasteiger partial charge in [0.05, 0.1) is 20.0 Å². The average Bonchev–Trinajstić information content (AvgIpc) is 1.97.